The highest BCUT2D eigenvalue weighted by molar-refractivity contribution is 5.69. The van der Waals surface area contributed by atoms with Crippen LogP contribution in [0.5, 0.6) is 5.75 Å². The molecular weight excluding hydrogens is 276 g/mol. The predicted octanol–water partition coefficient (Wildman–Crippen LogP) is 4.33. The van der Waals surface area contributed by atoms with Gasteiger partial charge < -0.3 is 9.84 Å². The van der Waals surface area contributed by atoms with E-state index in [1.165, 1.54) is 0 Å². The monoisotopic (exact) mass is 298 g/mol. The summed E-state index contributed by atoms with van der Waals surface area (Å²) < 4.78 is 5.86. The summed E-state index contributed by atoms with van der Waals surface area (Å²) in [5.74, 6) is 0.0470. The number of hydrogen-bond donors (Lipinski definition) is 1. The molecule has 0 heterocycles. The number of carboxylic acids is 1. The SMILES string of the molecule is Cc1cc(C(C)(C)CC(=O)O)ccc1OCc1ccccc1. The van der Waals surface area contributed by atoms with E-state index in [2.05, 4.69) is 0 Å². The van der Waals surface area contributed by atoms with Crippen molar-refractivity contribution in [1.82, 2.24) is 0 Å². The van der Waals surface area contributed by atoms with Crippen LogP contribution < -0.4 is 4.74 Å². The first-order valence-corrected chi connectivity index (χ1v) is 7.38. The number of hydrogen-bond acceptors (Lipinski definition) is 2. The fraction of sp³-hybridized carbons (Fsp3) is 0.316. The van der Waals surface area contributed by atoms with Crippen LogP contribution in [0.1, 0.15) is 37.0 Å². The number of aliphatic carboxylic acids is 1. The Morgan fingerprint density at radius 3 is 2.41 bits per heavy atom. The van der Waals surface area contributed by atoms with Crippen LogP contribution in [-0.2, 0) is 16.8 Å². The molecule has 116 valence electrons. The Balaban J connectivity index is 2.11. The Kier molecular flexibility index (Phi) is 4.86. The zero-order valence-electron chi connectivity index (χ0n) is 13.3. The van der Waals surface area contributed by atoms with E-state index >= 15 is 0 Å². The second-order valence-corrected chi connectivity index (χ2v) is 6.21. The van der Waals surface area contributed by atoms with E-state index in [1.807, 2.05) is 69.3 Å². The molecule has 2 rings (SSSR count). The van der Waals surface area contributed by atoms with Crippen molar-refractivity contribution in [2.24, 2.45) is 0 Å². The summed E-state index contributed by atoms with van der Waals surface area (Å²) in [5.41, 5.74) is 2.76. The van der Waals surface area contributed by atoms with Gasteiger partial charge in [0.2, 0.25) is 0 Å². The molecule has 3 heteroatoms. The molecule has 3 nitrogen and oxygen atoms in total. The first kappa shape index (κ1) is 16.1. The van der Waals surface area contributed by atoms with Crippen molar-refractivity contribution in [1.29, 1.82) is 0 Å². The molecule has 0 aliphatic carbocycles. The van der Waals surface area contributed by atoms with Crippen LogP contribution in [0.15, 0.2) is 48.5 Å². The molecule has 0 aliphatic rings. The van der Waals surface area contributed by atoms with E-state index in [4.69, 9.17) is 9.84 Å². The molecule has 2 aromatic rings. The maximum Gasteiger partial charge on any atom is 0.304 e. The molecule has 22 heavy (non-hydrogen) atoms. The molecule has 0 spiro atoms. The lowest BCUT2D eigenvalue weighted by atomic mass is 9.81. The van der Waals surface area contributed by atoms with E-state index in [9.17, 15) is 4.79 Å². The Morgan fingerprint density at radius 1 is 1.14 bits per heavy atom. The Bertz CT molecular complexity index is 645. The van der Waals surface area contributed by atoms with E-state index in [0.29, 0.717) is 6.61 Å². The summed E-state index contributed by atoms with van der Waals surface area (Å²) in [6.45, 7) is 6.40. The summed E-state index contributed by atoms with van der Waals surface area (Å²) in [7, 11) is 0. The third-order valence-electron chi connectivity index (χ3n) is 3.79. The number of aryl methyl sites for hydroxylation is 1. The topological polar surface area (TPSA) is 46.5 Å². The molecule has 0 radical (unpaired) electrons. The number of carboxylic acid groups (broad SMARTS) is 1. The van der Waals surface area contributed by atoms with Gasteiger partial charge in [0.05, 0.1) is 6.42 Å². The average molecular weight is 298 g/mol. The Hall–Kier alpha value is -2.29. The molecule has 0 amide bonds. The van der Waals surface area contributed by atoms with Crippen LogP contribution >= 0.6 is 0 Å². The summed E-state index contributed by atoms with van der Waals surface area (Å²) in [6, 6.07) is 15.9. The van der Waals surface area contributed by atoms with Crippen molar-refractivity contribution >= 4 is 5.97 Å². The number of ether oxygens (including phenoxy) is 1. The molecule has 0 fully saturated rings. The van der Waals surface area contributed by atoms with Crippen molar-refractivity contribution < 1.29 is 14.6 Å². The van der Waals surface area contributed by atoms with Gasteiger partial charge in [-0.25, -0.2) is 0 Å². The smallest absolute Gasteiger partial charge is 0.304 e. The third-order valence-corrected chi connectivity index (χ3v) is 3.79. The van der Waals surface area contributed by atoms with Gasteiger partial charge in [-0.1, -0.05) is 56.3 Å². The summed E-state index contributed by atoms with van der Waals surface area (Å²) in [5, 5.41) is 9.02. The van der Waals surface area contributed by atoms with Crippen LogP contribution in [0.3, 0.4) is 0 Å². The normalized spacial score (nSPS) is 11.2. The van der Waals surface area contributed by atoms with Gasteiger partial charge in [-0.3, -0.25) is 4.79 Å². The van der Waals surface area contributed by atoms with E-state index in [0.717, 1.165) is 22.4 Å². The predicted molar refractivity (Wildman–Crippen MR) is 87.2 cm³/mol. The highest BCUT2D eigenvalue weighted by Gasteiger charge is 2.24. The van der Waals surface area contributed by atoms with Gasteiger partial charge in [-0.05, 0) is 29.7 Å². The first-order chi connectivity index (χ1) is 10.4. The summed E-state index contributed by atoms with van der Waals surface area (Å²) in [4.78, 5) is 11.0. The van der Waals surface area contributed by atoms with Crippen LogP contribution in [0.25, 0.3) is 0 Å². The maximum absolute atomic E-state index is 11.0. The van der Waals surface area contributed by atoms with Gasteiger partial charge in [0.15, 0.2) is 0 Å². The van der Waals surface area contributed by atoms with Gasteiger partial charge in [0.1, 0.15) is 12.4 Å². The lowest BCUT2D eigenvalue weighted by Gasteiger charge is -2.24. The lowest BCUT2D eigenvalue weighted by molar-refractivity contribution is -0.138. The fourth-order valence-electron chi connectivity index (χ4n) is 2.45. The largest absolute Gasteiger partial charge is 0.489 e. The minimum atomic E-state index is -0.785. The van der Waals surface area contributed by atoms with Gasteiger partial charge in [-0.2, -0.15) is 0 Å². The molecular formula is C19H22O3. The van der Waals surface area contributed by atoms with Crippen molar-refractivity contribution in [3.8, 4) is 5.75 Å². The van der Waals surface area contributed by atoms with Crippen molar-refractivity contribution in [2.45, 2.75) is 39.2 Å². The Morgan fingerprint density at radius 2 is 1.82 bits per heavy atom. The quantitative estimate of drug-likeness (QED) is 0.863. The summed E-state index contributed by atoms with van der Waals surface area (Å²) >= 11 is 0. The lowest BCUT2D eigenvalue weighted by Crippen LogP contribution is -2.21. The van der Waals surface area contributed by atoms with Gasteiger partial charge in [0, 0.05) is 5.41 Å². The van der Waals surface area contributed by atoms with Crippen LogP contribution in [-0.4, -0.2) is 11.1 Å². The molecule has 1 N–H and O–H groups in total. The zero-order valence-corrected chi connectivity index (χ0v) is 13.3. The molecule has 0 aromatic heterocycles. The van der Waals surface area contributed by atoms with Gasteiger partial charge in [-0.15, -0.1) is 0 Å². The molecule has 0 aliphatic heterocycles. The zero-order chi connectivity index (χ0) is 16.2. The second kappa shape index (κ2) is 6.65. The molecule has 0 atom stereocenters. The molecule has 0 unspecified atom stereocenters. The van der Waals surface area contributed by atoms with Crippen LogP contribution in [0.4, 0.5) is 0 Å². The van der Waals surface area contributed by atoms with Crippen LogP contribution in [0.2, 0.25) is 0 Å². The van der Waals surface area contributed by atoms with Gasteiger partial charge in [0.25, 0.3) is 0 Å². The molecule has 2 aromatic carbocycles. The Labute approximate surface area is 131 Å². The highest BCUT2D eigenvalue weighted by Crippen LogP contribution is 2.31. The second-order valence-electron chi connectivity index (χ2n) is 6.21. The van der Waals surface area contributed by atoms with Crippen molar-refractivity contribution in [3.63, 3.8) is 0 Å². The van der Waals surface area contributed by atoms with E-state index in [-0.39, 0.29) is 6.42 Å². The molecule has 0 saturated carbocycles. The van der Waals surface area contributed by atoms with Crippen LogP contribution in [0, 0.1) is 6.92 Å². The standard InChI is InChI=1S/C19H22O3/c1-14-11-16(19(2,3)12-18(20)21)9-10-17(14)22-13-15-7-5-4-6-8-15/h4-11H,12-13H2,1-3H3,(H,20,21). The first-order valence-electron chi connectivity index (χ1n) is 7.38. The minimum absolute atomic E-state index is 0.108. The molecule has 0 bridgehead atoms. The fourth-order valence-corrected chi connectivity index (χ4v) is 2.45. The minimum Gasteiger partial charge on any atom is -0.489 e. The third kappa shape index (κ3) is 4.10. The number of rotatable bonds is 6. The van der Waals surface area contributed by atoms with E-state index < -0.39 is 11.4 Å². The average Bonchev–Trinajstić information content (AvgIpc) is 2.45. The van der Waals surface area contributed by atoms with E-state index in [1.54, 1.807) is 0 Å². The maximum atomic E-state index is 11.0. The highest BCUT2D eigenvalue weighted by atomic mass is 16.5. The summed E-state index contributed by atoms with van der Waals surface area (Å²) in [6.07, 6.45) is 0.108. The van der Waals surface area contributed by atoms with Gasteiger partial charge >= 0.3 is 5.97 Å². The number of carbonyl (C=O) groups is 1. The van der Waals surface area contributed by atoms with Crippen molar-refractivity contribution in [2.75, 3.05) is 0 Å². The van der Waals surface area contributed by atoms with Crippen molar-refractivity contribution in [3.05, 3.63) is 65.2 Å². The molecule has 0 saturated heterocycles. The number of benzene rings is 2.